The van der Waals surface area contributed by atoms with Crippen molar-refractivity contribution >= 4 is 10.4 Å². The van der Waals surface area contributed by atoms with E-state index in [1.807, 2.05) is 0 Å². The molecule has 0 aliphatic heterocycles. The van der Waals surface area contributed by atoms with Gasteiger partial charge in [-0.05, 0) is 18.3 Å². The molecule has 0 aromatic heterocycles. The maximum absolute atomic E-state index is 8.90. The fraction of sp³-hybridized carbons (Fsp3) is 1.00. The molecule has 0 fully saturated rings. The minimum Gasteiger partial charge on any atom is -0.759 e. The standard InChI is InChI=1S/C16H34O.H2O4S/c1-4-15(2)12-10-8-6-5-7-9-11-13-16(3)14-17;1-5(2,3)4/h15-17H,4-14H2,1-3H3;(H2,1,2,3,4)/p-2. The van der Waals surface area contributed by atoms with Gasteiger partial charge in [-0.1, -0.05) is 78.6 Å². The second kappa shape index (κ2) is 15.7. The maximum atomic E-state index is 8.90. The zero-order valence-corrected chi connectivity index (χ0v) is 15.2. The molecule has 0 aromatic carbocycles. The summed E-state index contributed by atoms with van der Waals surface area (Å²) in [7, 11) is -5.17. The summed E-state index contributed by atoms with van der Waals surface area (Å²) >= 11 is 0. The van der Waals surface area contributed by atoms with Crippen molar-refractivity contribution in [2.24, 2.45) is 11.8 Å². The topological polar surface area (TPSA) is 100 Å². The van der Waals surface area contributed by atoms with Crippen LogP contribution in [0.5, 0.6) is 0 Å². The van der Waals surface area contributed by atoms with E-state index in [0.717, 1.165) is 5.92 Å². The van der Waals surface area contributed by atoms with E-state index in [-0.39, 0.29) is 0 Å². The van der Waals surface area contributed by atoms with Gasteiger partial charge in [0.25, 0.3) is 0 Å². The average molecular weight is 339 g/mol. The van der Waals surface area contributed by atoms with Gasteiger partial charge in [-0.3, -0.25) is 8.42 Å². The minimum absolute atomic E-state index is 0.357. The first kappa shape index (κ1) is 24.1. The molecule has 0 radical (unpaired) electrons. The van der Waals surface area contributed by atoms with Gasteiger partial charge in [-0.15, -0.1) is 0 Å². The van der Waals surface area contributed by atoms with Crippen LogP contribution in [0.3, 0.4) is 0 Å². The van der Waals surface area contributed by atoms with Crippen LogP contribution in [0.4, 0.5) is 0 Å². The highest BCUT2D eigenvalue weighted by Gasteiger charge is 2.00. The van der Waals surface area contributed by atoms with E-state index in [2.05, 4.69) is 20.8 Å². The molecule has 0 rings (SSSR count). The van der Waals surface area contributed by atoms with Crippen molar-refractivity contribution in [1.82, 2.24) is 0 Å². The van der Waals surface area contributed by atoms with Crippen LogP contribution in [0.2, 0.25) is 0 Å². The molecule has 0 saturated carbocycles. The van der Waals surface area contributed by atoms with Crippen LogP contribution >= 0.6 is 0 Å². The van der Waals surface area contributed by atoms with Crippen molar-refractivity contribution in [3.63, 3.8) is 0 Å². The molecule has 22 heavy (non-hydrogen) atoms. The number of hydrogen-bond acceptors (Lipinski definition) is 5. The van der Waals surface area contributed by atoms with E-state index in [9.17, 15) is 0 Å². The van der Waals surface area contributed by atoms with Gasteiger partial charge in [-0.2, -0.15) is 0 Å². The zero-order valence-electron chi connectivity index (χ0n) is 14.4. The third-order valence-electron chi connectivity index (χ3n) is 3.90. The number of rotatable bonds is 12. The fourth-order valence-corrected chi connectivity index (χ4v) is 2.16. The van der Waals surface area contributed by atoms with Crippen LogP contribution in [-0.4, -0.2) is 29.2 Å². The summed E-state index contributed by atoms with van der Waals surface area (Å²) < 4.78 is 34.1. The van der Waals surface area contributed by atoms with Crippen LogP contribution in [-0.2, 0) is 10.4 Å². The molecule has 0 aliphatic carbocycles. The third kappa shape index (κ3) is 28.1. The highest BCUT2D eigenvalue weighted by Crippen LogP contribution is 2.15. The summed E-state index contributed by atoms with van der Waals surface area (Å²) in [4.78, 5) is 0. The first-order chi connectivity index (χ1) is 10.2. The predicted octanol–water partition coefficient (Wildman–Crippen LogP) is 3.83. The summed E-state index contributed by atoms with van der Waals surface area (Å²) in [5, 5.41) is 8.90. The summed E-state index contributed by atoms with van der Waals surface area (Å²) in [5.74, 6) is 1.43. The molecular formula is C16H34O5S-2. The Balaban J connectivity index is 0. The van der Waals surface area contributed by atoms with Crippen molar-refractivity contribution in [3.8, 4) is 0 Å². The molecule has 0 heterocycles. The predicted molar refractivity (Wildman–Crippen MR) is 87.7 cm³/mol. The largest absolute Gasteiger partial charge is 0.759 e. The zero-order chi connectivity index (χ0) is 17.4. The molecule has 0 aromatic rings. The van der Waals surface area contributed by atoms with Gasteiger partial charge in [0.05, 0.1) is 0 Å². The first-order valence-corrected chi connectivity index (χ1v) is 9.81. The summed E-state index contributed by atoms with van der Waals surface area (Å²) in [5.41, 5.74) is 0. The van der Waals surface area contributed by atoms with Crippen LogP contribution in [0.1, 0.15) is 85.0 Å². The fourth-order valence-electron chi connectivity index (χ4n) is 2.16. The smallest absolute Gasteiger partial charge is 0.0456 e. The number of hydrogen-bond donors (Lipinski definition) is 1. The Bertz CT molecular complexity index is 292. The monoisotopic (exact) mass is 338 g/mol. The molecule has 0 amide bonds. The van der Waals surface area contributed by atoms with Gasteiger partial charge in [0, 0.05) is 17.0 Å². The Labute approximate surface area is 137 Å². The molecule has 2 atom stereocenters. The summed E-state index contributed by atoms with van der Waals surface area (Å²) in [6.45, 7) is 7.14. The molecule has 0 saturated heterocycles. The lowest BCUT2D eigenvalue weighted by Gasteiger charge is -2.08. The maximum Gasteiger partial charge on any atom is 0.0456 e. The van der Waals surface area contributed by atoms with E-state index in [1.165, 1.54) is 64.2 Å². The SMILES string of the molecule is CCC(C)CCCCCCCCCC(C)CO.O=S(=O)([O-])[O-]. The Kier molecular flexibility index (Phi) is 17.2. The number of aliphatic hydroxyl groups excluding tert-OH is 1. The quantitative estimate of drug-likeness (QED) is 0.331. The average Bonchev–Trinajstić information content (AvgIpc) is 2.43. The van der Waals surface area contributed by atoms with Gasteiger partial charge >= 0.3 is 0 Å². The van der Waals surface area contributed by atoms with Crippen molar-refractivity contribution in [2.75, 3.05) is 6.61 Å². The highest BCUT2D eigenvalue weighted by molar-refractivity contribution is 7.79. The van der Waals surface area contributed by atoms with Crippen LogP contribution < -0.4 is 0 Å². The lowest BCUT2D eigenvalue weighted by molar-refractivity contribution is 0.227. The van der Waals surface area contributed by atoms with Crippen molar-refractivity contribution in [3.05, 3.63) is 0 Å². The van der Waals surface area contributed by atoms with E-state index in [1.54, 1.807) is 0 Å². The second-order valence-electron chi connectivity index (χ2n) is 6.26. The molecule has 0 spiro atoms. The second-order valence-corrected chi connectivity index (χ2v) is 7.08. The third-order valence-corrected chi connectivity index (χ3v) is 3.90. The van der Waals surface area contributed by atoms with Crippen molar-refractivity contribution in [1.29, 1.82) is 0 Å². The Morgan fingerprint density at radius 1 is 0.818 bits per heavy atom. The van der Waals surface area contributed by atoms with Gasteiger partial charge in [0.15, 0.2) is 0 Å². The van der Waals surface area contributed by atoms with Gasteiger partial charge in [0.2, 0.25) is 0 Å². The number of unbranched alkanes of at least 4 members (excludes halogenated alkanes) is 6. The van der Waals surface area contributed by atoms with Gasteiger partial charge in [-0.25, -0.2) is 0 Å². The number of aliphatic hydroxyl groups is 1. The van der Waals surface area contributed by atoms with Crippen LogP contribution in [0, 0.1) is 11.8 Å². The Hall–Kier alpha value is -0.170. The van der Waals surface area contributed by atoms with Crippen molar-refractivity contribution < 1.29 is 22.6 Å². The molecule has 1 N–H and O–H groups in total. The van der Waals surface area contributed by atoms with Crippen LogP contribution in [0.15, 0.2) is 0 Å². The Morgan fingerprint density at radius 3 is 1.45 bits per heavy atom. The molecular weight excluding hydrogens is 304 g/mol. The van der Waals surface area contributed by atoms with E-state index < -0.39 is 10.4 Å². The molecule has 0 aliphatic rings. The molecule has 6 heteroatoms. The lowest BCUT2D eigenvalue weighted by Crippen LogP contribution is -1.99. The molecule has 136 valence electrons. The minimum atomic E-state index is -5.17. The van der Waals surface area contributed by atoms with E-state index >= 15 is 0 Å². The molecule has 5 nitrogen and oxygen atoms in total. The normalized spacial score (nSPS) is 14.1. The lowest BCUT2D eigenvalue weighted by atomic mass is 9.99. The van der Waals surface area contributed by atoms with E-state index in [0.29, 0.717) is 12.5 Å². The van der Waals surface area contributed by atoms with Crippen molar-refractivity contribution in [2.45, 2.75) is 85.0 Å². The van der Waals surface area contributed by atoms with Crippen LogP contribution in [0.25, 0.3) is 0 Å². The molecule has 0 bridgehead atoms. The van der Waals surface area contributed by atoms with Gasteiger partial charge in [0.1, 0.15) is 0 Å². The summed E-state index contributed by atoms with van der Waals surface area (Å²) in [6, 6.07) is 0. The first-order valence-electron chi connectivity index (χ1n) is 8.48. The summed E-state index contributed by atoms with van der Waals surface area (Å²) in [6.07, 6.45) is 13.7. The molecule has 2 unspecified atom stereocenters. The highest BCUT2D eigenvalue weighted by atomic mass is 32.3. The Morgan fingerprint density at radius 2 is 1.14 bits per heavy atom. The van der Waals surface area contributed by atoms with Gasteiger partial charge < -0.3 is 14.2 Å². The van der Waals surface area contributed by atoms with E-state index in [4.69, 9.17) is 22.6 Å².